The van der Waals surface area contributed by atoms with Gasteiger partial charge in [0.1, 0.15) is 4.47 Å². The molecule has 0 bridgehead atoms. The first kappa shape index (κ1) is 15.2. The normalized spacial score (nSPS) is 10.9. The largest absolute Gasteiger partial charge is 0.385 e. The van der Waals surface area contributed by atoms with E-state index in [4.69, 9.17) is 4.74 Å². The van der Waals surface area contributed by atoms with Crippen molar-refractivity contribution in [3.05, 3.63) is 21.0 Å². The van der Waals surface area contributed by atoms with Gasteiger partial charge in [-0.05, 0) is 42.6 Å². The van der Waals surface area contributed by atoms with Crippen LogP contribution in [0.25, 0.3) is 0 Å². The fourth-order valence-corrected chi connectivity index (χ4v) is 1.95. The fourth-order valence-electron chi connectivity index (χ4n) is 1.53. The third-order valence-electron chi connectivity index (χ3n) is 2.52. The number of halogens is 1. The van der Waals surface area contributed by atoms with E-state index in [-0.39, 0.29) is 11.6 Å². The van der Waals surface area contributed by atoms with Crippen molar-refractivity contribution in [1.29, 1.82) is 0 Å². The molecule has 0 unspecified atom stereocenters. The Morgan fingerprint density at radius 3 is 2.83 bits per heavy atom. The first-order valence-electron chi connectivity index (χ1n) is 6.08. The van der Waals surface area contributed by atoms with Crippen LogP contribution in [-0.4, -0.2) is 30.0 Å². The van der Waals surface area contributed by atoms with E-state index >= 15 is 0 Å². The highest BCUT2D eigenvalue weighted by atomic mass is 79.9. The van der Waals surface area contributed by atoms with Crippen molar-refractivity contribution in [1.82, 2.24) is 9.78 Å². The van der Waals surface area contributed by atoms with Crippen LogP contribution in [0, 0.1) is 0 Å². The fraction of sp³-hybridized carbons (Fsp3) is 0.667. The Morgan fingerprint density at radius 2 is 2.22 bits per heavy atom. The third kappa shape index (κ3) is 4.10. The molecule has 1 aromatic heterocycles. The topological polar surface area (TPSA) is 56.1 Å². The summed E-state index contributed by atoms with van der Waals surface area (Å²) in [5, 5.41) is 7.34. The molecule has 6 heteroatoms. The number of unbranched alkanes of at least 4 members (excludes halogenated alkanes) is 1. The summed E-state index contributed by atoms with van der Waals surface area (Å²) in [4.78, 5) is 12.0. The lowest BCUT2D eigenvalue weighted by atomic mass is 10.3. The van der Waals surface area contributed by atoms with Crippen molar-refractivity contribution in [3.63, 3.8) is 0 Å². The molecule has 0 aliphatic heterocycles. The lowest BCUT2D eigenvalue weighted by Crippen LogP contribution is -2.26. The van der Waals surface area contributed by atoms with Gasteiger partial charge < -0.3 is 10.1 Å². The molecular formula is C12H20BrN3O2. The minimum Gasteiger partial charge on any atom is -0.385 e. The number of hydrogen-bond acceptors (Lipinski definition) is 4. The molecular weight excluding hydrogens is 298 g/mol. The summed E-state index contributed by atoms with van der Waals surface area (Å²) in [6.07, 6.45) is 3.67. The molecule has 1 heterocycles. The van der Waals surface area contributed by atoms with Gasteiger partial charge in [-0.3, -0.25) is 4.79 Å². The molecule has 0 saturated heterocycles. The van der Waals surface area contributed by atoms with Crippen molar-refractivity contribution in [3.8, 4) is 0 Å². The number of hydrogen-bond donors (Lipinski definition) is 1. The van der Waals surface area contributed by atoms with Crippen molar-refractivity contribution < 1.29 is 4.74 Å². The number of nitrogens with one attached hydrogen (secondary N) is 1. The standard InChI is InChI=1S/C12H20BrN3O2/c1-9(2)16-12(17)11(13)10(8-15-16)14-6-4-5-7-18-3/h8-9,14H,4-7H2,1-3H3. The van der Waals surface area contributed by atoms with Crippen LogP contribution in [0.1, 0.15) is 32.7 Å². The number of anilines is 1. The van der Waals surface area contributed by atoms with Gasteiger partial charge in [-0.2, -0.15) is 5.10 Å². The second-order valence-corrected chi connectivity index (χ2v) is 5.14. The zero-order chi connectivity index (χ0) is 13.5. The minimum atomic E-state index is -0.105. The molecule has 18 heavy (non-hydrogen) atoms. The zero-order valence-electron chi connectivity index (χ0n) is 11.1. The molecule has 0 aliphatic carbocycles. The first-order valence-corrected chi connectivity index (χ1v) is 6.87. The van der Waals surface area contributed by atoms with Crippen LogP contribution in [0.2, 0.25) is 0 Å². The van der Waals surface area contributed by atoms with Crippen molar-refractivity contribution >= 4 is 21.6 Å². The van der Waals surface area contributed by atoms with Gasteiger partial charge in [0.15, 0.2) is 0 Å². The molecule has 102 valence electrons. The van der Waals surface area contributed by atoms with Crippen LogP contribution in [-0.2, 0) is 4.74 Å². The van der Waals surface area contributed by atoms with Crippen LogP contribution in [0.5, 0.6) is 0 Å². The maximum absolute atomic E-state index is 12.0. The van der Waals surface area contributed by atoms with E-state index in [0.717, 1.165) is 31.7 Å². The molecule has 1 N–H and O–H groups in total. The second kappa shape index (κ2) is 7.53. The van der Waals surface area contributed by atoms with Gasteiger partial charge in [-0.1, -0.05) is 0 Å². The molecule has 0 saturated carbocycles. The monoisotopic (exact) mass is 317 g/mol. The Kier molecular flexibility index (Phi) is 6.35. The van der Waals surface area contributed by atoms with Crippen LogP contribution in [0.15, 0.2) is 15.5 Å². The minimum absolute atomic E-state index is 0.0598. The van der Waals surface area contributed by atoms with Crippen molar-refractivity contribution in [2.24, 2.45) is 0 Å². The van der Waals surface area contributed by atoms with Gasteiger partial charge in [0, 0.05) is 20.3 Å². The molecule has 0 aliphatic rings. The summed E-state index contributed by atoms with van der Waals surface area (Å²) < 4.78 is 6.97. The maximum atomic E-state index is 12.0. The molecule has 0 fully saturated rings. The predicted octanol–water partition coefficient (Wildman–Crippen LogP) is 2.43. The smallest absolute Gasteiger partial charge is 0.283 e. The molecule has 5 nitrogen and oxygen atoms in total. The molecule has 0 radical (unpaired) electrons. The lowest BCUT2D eigenvalue weighted by Gasteiger charge is -2.12. The maximum Gasteiger partial charge on any atom is 0.283 e. The third-order valence-corrected chi connectivity index (χ3v) is 3.29. The van der Waals surface area contributed by atoms with E-state index in [0.29, 0.717) is 4.47 Å². The lowest BCUT2D eigenvalue weighted by molar-refractivity contribution is 0.194. The Hall–Kier alpha value is -0.880. The quantitative estimate of drug-likeness (QED) is 0.785. The Bertz CT molecular complexity index is 432. The zero-order valence-corrected chi connectivity index (χ0v) is 12.7. The number of rotatable bonds is 7. The number of methoxy groups -OCH3 is 1. The summed E-state index contributed by atoms with van der Waals surface area (Å²) in [6, 6.07) is 0.0598. The molecule has 1 rings (SSSR count). The van der Waals surface area contributed by atoms with Crippen LogP contribution in [0.3, 0.4) is 0 Å². The van der Waals surface area contributed by atoms with Gasteiger partial charge in [-0.25, -0.2) is 4.68 Å². The van der Waals surface area contributed by atoms with E-state index in [2.05, 4.69) is 26.3 Å². The summed E-state index contributed by atoms with van der Waals surface area (Å²) in [7, 11) is 1.69. The van der Waals surface area contributed by atoms with Gasteiger partial charge >= 0.3 is 0 Å². The highest BCUT2D eigenvalue weighted by molar-refractivity contribution is 9.10. The first-order chi connectivity index (χ1) is 8.57. The average Bonchev–Trinajstić information content (AvgIpc) is 2.33. The summed E-state index contributed by atoms with van der Waals surface area (Å²) in [5.41, 5.74) is 0.640. The van der Waals surface area contributed by atoms with Gasteiger partial charge in [0.25, 0.3) is 5.56 Å². The van der Waals surface area contributed by atoms with E-state index < -0.39 is 0 Å². The van der Waals surface area contributed by atoms with E-state index in [9.17, 15) is 4.79 Å². The van der Waals surface area contributed by atoms with Gasteiger partial charge in [0.2, 0.25) is 0 Å². The Morgan fingerprint density at radius 1 is 1.50 bits per heavy atom. The molecule has 0 amide bonds. The Balaban J connectivity index is 2.63. The predicted molar refractivity (Wildman–Crippen MR) is 76.2 cm³/mol. The number of ether oxygens (including phenoxy) is 1. The number of nitrogens with zero attached hydrogens (tertiary/aromatic N) is 2. The van der Waals surface area contributed by atoms with E-state index in [1.807, 2.05) is 13.8 Å². The molecule has 0 atom stereocenters. The molecule has 0 aromatic carbocycles. The van der Waals surface area contributed by atoms with Gasteiger partial charge in [0.05, 0.1) is 17.9 Å². The second-order valence-electron chi connectivity index (χ2n) is 4.34. The van der Waals surface area contributed by atoms with Crippen molar-refractivity contribution in [2.75, 3.05) is 25.6 Å². The highest BCUT2D eigenvalue weighted by Gasteiger charge is 2.10. The van der Waals surface area contributed by atoms with Crippen molar-refractivity contribution in [2.45, 2.75) is 32.7 Å². The van der Waals surface area contributed by atoms with E-state index in [1.54, 1.807) is 13.3 Å². The summed E-state index contributed by atoms with van der Waals surface area (Å²) in [5.74, 6) is 0. The van der Waals surface area contributed by atoms with Crippen LogP contribution in [0.4, 0.5) is 5.69 Å². The van der Waals surface area contributed by atoms with Crippen LogP contribution < -0.4 is 10.9 Å². The average molecular weight is 318 g/mol. The van der Waals surface area contributed by atoms with Crippen LogP contribution >= 0.6 is 15.9 Å². The summed E-state index contributed by atoms with van der Waals surface area (Å²) in [6.45, 7) is 5.42. The highest BCUT2D eigenvalue weighted by Crippen LogP contribution is 2.17. The molecule has 1 aromatic rings. The van der Waals surface area contributed by atoms with Gasteiger partial charge in [-0.15, -0.1) is 0 Å². The van der Waals surface area contributed by atoms with E-state index in [1.165, 1.54) is 4.68 Å². The summed E-state index contributed by atoms with van der Waals surface area (Å²) >= 11 is 3.32. The Labute approximate surface area is 116 Å². The SMILES string of the molecule is COCCCCNc1cnn(C(C)C)c(=O)c1Br. The molecule has 0 spiro atoms. The number of aromatic nitrogens is 2.